The van der Waals surface area contributed by atoms with Crippen LogP contribution in [0.4, 0.5) is 4.39 Å². The van der Waals surface area contributed by atoms with Crippen LogP contribution >= 0.6 is 0 Å². The summed E-state index contributed by atoms with van der Waals surface area (Å²) in [6.07, 6.45) is 0.676. The molecular formula is C17H18FN3. The van der Waals surface area contributed by atoms with Crippen LogP contribution in [0, 0.1) is 5.82 Å². The fourth-order valence-corrected chi connectivity index (χ4v) is 2.69. The Morgan fingerprint density at radius 3 is 2.76 bits per heavy atom. The Morgan fingerprint density at radius 1 is 1.19 bits per heavy atom. The Morgan fingerprint density at radius 2 is 2.00 bits per heavy atom. The Balaban J connectivity index is 2.01. The van der Waals surface area contributed by atoms with Crippen molar-refractivity contribution in [3.8, 4) is 0 Å². The van der Waals surface area contributed by atoms with E-state index in [9.17, 15) is 4.39 Å². The molecule has 2 N–H and O–H groups in total. The highest BCUT2D eigenvalue weighted by molar-refractivity contribution is 5.76. The second-order valence-electron chi connectivity index (χ2n) is 5.07. The molecule has 0 aliphatic heterocycles. The Kier molecular flexibility index (Phi) is 3.71. The van der Waals surface area contributed by atoms with Gasteiger partial charge in [0.15, 0.2) is 0 Å². The number of fused-ring (bicyclic) bond motifs is 1. The standard InChI is InChI=1S/C17H18FN3/c1-2-21-16-6-4-3-5-15(16)20-17(21)10-12-7-8-14(18)13(9-12)11-19/h3-9H,2,10-11,19H2,1H3. The first-order valence-corrected chi connectivity index (χ1v) is 7.14. The number of aromatic nitrogens is 2. The Bertz CT molecular complexity index is 777. The van der Waals surface area contributed by atoms with E-state index in [1.807, 2.05) is 24.3 Å². The summed E-state index contributed by atoms with van der Waals surface area (Å²) < 4.78 is 15.7. The average molecular weight is 283 g/mol. The third-order valence-corrected chi connectivity index (χ3v) is 3.74. The first-order chi connectivity index (χ1) is 10.2. The fraction of sp³-hybridized carbons (Fsp3) is 0.235. The molecule has 1 heterocycles. The van der Waals surface area contributed by atoms with E-state index in [2.05, 4.69) is 17.6 Å². The van der Waals surface area contributed by atoms with Crippen molar-refractivity contribution in [3.63, 3.8) is 0 Å². The molecule has 0 spiro atoms. The molecule has 108 valence electrons. The van der Waals surface area contributed by atoms with Crippen molar-refractivity contribution in [1.29, 1.82) is 0 Å². The van der Waals surface area contributed by atoms with Crippen molar-refractivity contribution in [2.45, 2.75) is 26.4 Å². The summed E-state index contributed by atoms with van der Waals surface area (Å²) in [5.41, 5.74) is 9.28. The molecule has 0 aliphatic carbocycles. The third-order valence-electron chi connectivity index (χ3n) is 3.74. The molecule has 3 rings (SSSR count). The lowest BCUT2D eigenvalue weighted by molar-refractivity contribution is 0.609. The molecule has 0 amide bonds. The lowest BCUT2D eigenvalue weighted by Gasteiger charge is -2.08. The number of aryl methyl sites for hydroxylation is 1. The van der Waals surface area contributed by atoms with Crippen LogP contribution in [-0.2, 0) is 19.5 Å². The minimum atomic E-state index is -0.245. The van der Waals surface area contributed by atoms with Gasteiger partial charge in [0.2, 0.25) is 0 Å². The first-order valence-electron chi connectivity index (χ1n) is 7.14. The molecule has 0 bridgehead atoms. The van der Waals surface area contributed by atoms with E-state index in [1.165, 1.54) is 6.07 Å². The van der Waals surface area contributed by atoms with Gasteiger partial charge in [-0.3, -0.25) is 0 Å². The predicted molar refractivity (Wildman–Crippen MR) is 82.5 cm³/mol. The van der Waals surface area contributed by atoms with Crippen LogP contribution in [0.1, 0.15) is 23.9 Å². The van der Waals surface area contributed by atoms with Crippen molar-refractivity contribution in [3.05, 3.63) is 65.2 Å². The van der Waals surface area contributed by atoms with Gasteiger partial charge in [-0.1, -0.05) is 24.3 Å². The van der Waals surface area contributed by atoms with Crippen LogP contribution in [0.3, 0.4) is 0 Å². The van der Waals surface area contributed by atoms with E-state index in [4.69, 9.17) is 10.7 Å². The monoisotopic (exact) mass is 283 g/mol. The summed E-state index contributed by atoms with van der Waals surface area (Å²) in [5, 5.41) is 0. The van der Waals surface area contributed by atoms with Crippen molar-refractivity contribution in [2.24, 2.45) is 5.73 Å². The number of halogens is 1. The van der Waals surface area contributed by atoms with Gasteiger partial charge in [0.25, 0.3) is 0 Å². The first kappa shape index (κ1) is 13.8. The van der Waals surface area contributed by atoms with Crippen LogP contribution in [0.5, 0.6) is 0 Å². The maximum Gasteiger partial charge on any atom is 0.127 e. The summed E-state index contributed by atoms with van der Waals surface area (Å²) in [6, 6.07) is 13.2. The van der Waals surface area contributed by atoms with Crippen molar-refractivity contribution >= 4 is 11.0 Å². The summed E-state index contributed by atoms with van der Waals surface area (Å²) in [6.45, 7) is 3.18. The average Bonchev–Trinajstić information content (AvgIpc) is 2.86. The van der Waals surface area contributed by atoms with Gasteiger partial charge in [-0.25, -0.2) is 9.37 Å². The number of imidazole rings is 1. The highest BCUT2D eigenvalue weighted by Crippen LogP contribution is 2.19. The molecule has 21 heavy (non-hydrogen) atoms. The number of benzene rings is 2. The number of hydrogen-bond acceptors (Lipinski definition) is 2. The third kappa shape index (κ3) is 2.54. The molecule has 0 aliphatic rings. The zero-order valence-electron chi connectivity index (χ0n) is 12.0. The second-order valence-corrected chi connectivity index (χ2v) is 5.07. The van der Waals surface area contributed by atoms with E-state index in [1.54, 1.807) is 6.07 Å². The van der Waals surface area contributed by atoms with Crippen LogP contribution in [0.2, 0.25) is 0 Å². The van der Waals surface area contributed by atoms with E-state index in [0.717, 1.165) is 29.0 Å². The van der Waals surface area contributed by atoms with Gasteiger partial charge in [-0.2, -0.15) is 0 Å². The van der Waals surface area contributed by atoms with Gasteiger partial charge >= 0.3 is 0 Å². The number of nitrogens with zero attached hydrogens (tertiary/aromatic N) is 2. The fourth-order valence-electron chi connectivity index (χ4n) is 2.69. The van der Waals surface area contributed by atoms with Gasteiger partial charge in [-0.15, -0.1) is 0 Å². The number of rotatable bonds is 4. The zero-order valence-corrected chi connectivity index (χ0v) is 12.0. The van der Waals surface area contributed by atoms with Crippen LogP contribution in [-0.4, -0.2) is 9.55 Å². The lowest BCUT2D eigenvalue weighted by atomic mass is 10.1. The summed E-state index contributed by atoms with van der Waals surface area (Å²) in [5.74, 6) is 0.749. The zero-order chi connectivity index (χ0) is 14.8. The molecule has 1 aromatic heterocycles. The summed E-state index contributed by atoms with van der Waals surface area (Å²) in [7, 11) is 0. The largest absolute Gasteiger partial charge is 0.328 e. The van der Waals surface area contributed by atoms with Crippen molar-refractivity contribution in [1.82, 2.24) is 9.55 Å². The molecule has 3 nitrogen and oxygen atoms in total. The highest BCUT2D eigenvalue weighted by atomic mass is 19.1. The number of para-hydroxylation sites is 2. The van der Waals surface area contributed by atoms with Gasteiger partial charge in [0.05, 0.1) is 11.0 Å². The minimum Gasteiger partial charge on any atom is -0.328 e. The molecular weight excluding hydrogens is 265 g/mol. The molecule has 4 heteroatoms. The SMILES string of the molecule is CCn1c(Cc2ccc(F)c(CN)c2)nc2ccccc21. The highest BCUT2D eigenvalue weighted by Gasteiger charge is 2.10. The molecule has 2 aromatic carbocycles. The van der Waals surface area contributed by atoms with E-state index >= 15 is 0 Å². The molecule has 0 fully saturated rings. The van der Waals surface area contributed by atoms with Gasteiger partial charge < -0.3 is 10.3 Å². The molecule has 3 aromatic rings. The van der Waals surface area contributed by atoms with Crippen molar-refractivity contribution in [2.75, 3.05) is 0 Å². The van der Waals surface area contributed by atoms with Crippen LogP contribution in [0.25, 0.3) is 11.0 Å². The quantitative estimate of drug-likeness (QED) is 0.798. The maximum atomic E-state index is 13.5. The van der Waals surface area contributed by atoms with Gasteiger partial charge in [-0.05, 0) is 30.7 Å². The van der Waals surface area contributed by atoms with E-state index in [0.29, 0.717) is 12.0 Å². The van der Waals surface area contributed by atoms with E-state index in [-0.39, 0.29) is 12.4 Å². The van der Waals surface area contributed by atoms with Crippen molar-refractivity contribution < 1.29 is 4.39 Å². The molecule has 0 unspecified atom stereocenters. The van der Waals surface area contributed by atoms with E-state index < -0.39 is 0 Å². The Labute approximate surface area is 123 Å². The van der Waals surface area contributed by atoms with Crippen LogP contribution in [0.15, 0.2) is 42.5 Å². The lowest BCUT2D eigenvalue weighted by Crippen LogP contribution is -2.05. The molecule has 0 saturated carbocycles. The molecule has 0 atom stereocenters. The van der Waals surface area contributed by atoms with Gasteiger partial charge in [0, 0.05) is 25.1 Å². The van der Waals surface area contributed by atoms with Crippen LogP contribution < -0.4 is 5.73 Å². The smallest absolute Gasteiger partial charge is 0.127 e. The molecule has 0 saturated heterocycles. The summed E-state index contributed by atoms with van der Waals surface area (Å²) in [4.78, 5) is 4.69. The Hall–Kier alpha value is -2.20. The number of nitrogens with two attached hydrogens (primary N) is 1. The van der Waals surface area contributed by atoms with Gasteiger partial charge in [0.1, 0.15) is 11.6 Å². The molecule has 0 radical (unpaired) electrons. The number of hydrogen-bond donors (Lipinski definition) is 1. The predicted octanol–water partition coefficient (Wildman–Crippen LogP) is 3.24. The minimum absolute atomic E-state index is 0.212. The normalized spacial score (nSPS) is 11.2. The maximum absolute atomic E-state index is 13.5. The second kappa shape index (κ2) is 5.66. The topological polar surface area (TPSA) is 43.8 Å². The summed E-state index contributed by atoms with van der Waals surface area (Å²) >= 11 is 0.